The standard InChI is InChI=1S/C20H22N4O5/c1-13(17(26)22-15-6-4-14(12-21)5-7-15)29-16(25)8-11-24-18(27)20(23-19(24)28)9-2-3-10-20/h4-7,13H,2-3,8-11H2,1H3,(H,22,26)(H,23,28)/t13-/m1/s1. The molecular formula is C20H22N4O5. The SMILES string of the molecule is C[C@@H](OC(=O)CCN1C(=O)NC2(CCCC2)C1=O)C(=O)Nc1ccc(C#N)cc1. The van der Waals surface area contributed by atoms with Crippen LogP contribution in [-0.2, 0) is 19.1 Å². The van der Waals surface area contributed by atoms with Crippen molar-refractivity contribution in [3.05, 3.63) is 29.8 Å². The molecule has 2 fully saturated rings. The first kappa shape index (κ1) is 20.3. The molecule has 29 heavy (non-hydrogen) atoms. The van der Waals surface area contributed by atoms with Gasteiger partial charge in [0.1, 0.15) is 5.54 Å². The first-order valence-electron chi connectivity index (χ1n) is 9.49. The summed E-state index contributed by atoms with van der Waals surface area (Å²) in [6.45, 7) is 1.34. The molecule has 9 nitrogen and oxygen atoms in total. The molecule has 2 aliphatic rings. The lowest BCUT2D eigenvalue weighted by atomic mass is 9.98. The second-order valence-electron chi connectivity index (χ2n) is 7.24. The molecule has 152 valence electrons. The van der Waals surface area contributed by atoms with E-state index < -0.39 is 29.6 Å². The number of imide groups is 1. The number of nitrogens with one attached hydrogen (secondary N) is 2. The van der Waals surface area contributed by atoms with Gasteiger partial charge >= 0.3 is 12.0 Å². The number of benzene rings is 1. The Kier molecular flexibility index (Phi) is 5.82. The molecule has 1 atom stereocenters. The molecule has 1 spiro atoms. The van der Waals surface area contributed by atoms with E-state index in [0.29, 0.717) is 24.1 Å². The molecule has 9 heteroatoms. The van der Waals surface area contributed by atoms with E-state index >= 15 is 0 Å². The zero-order valence-electron chi connectivity index (χ0n) is 16.1. The van der Waals surface area contributed by atoms with E-state index in [9.17, 15) is 19.2 Å². The van der Waals surface area contributed by atoms with Gasteiger partial charge in [0.2, 0.25) is 0 Å². The van der Waals surface area contributed by atoms with Crippen LogP contribution < -0.4 is 10.6 Å². The van der Waals surface area contributed by atoms with Crippen LogP contribution >= 0.6 is 0 Å². The summed E-state index contributed by atoms with van der Waals surface area (Å²) < 4.78 is 5.10. The maximum absolute atomic E-state index is 12.5. The molecule has 0 aromatic heterocycles. The molecular weight excluding hydrogens is 376 g/mol. The maximum Gasteiger partial charge on any atom is 0.325 e. The quantitative estimate of drug-likeness (QED) is 0.554. The third-order valence-corrected chi connectivity index (χ3v) is 5.20. The lowest BCUT2D eigenvalue weighted by molar-refractivity contribution is -0.153. The van der Waals surface area contributed by atoms with Crippen LogP contribution in [0.15, 0.2) is 24.3 Å². The second-order valence-corrected chi connectivity index (χ2v) is 7.24. The number of nitriles is 1. The van der Waals surface area contributed by atoms with Gasteiger partial charge < -0.3 is 15.4 Å². The van der Waals surface area contributed by atoms with E-state index in [1.54, 1.807) is 24.3 Å². The van der Waals surface area contributed by atoms with E-state index in [-0.39, 0.29) is 18.9 Å². The molecule has 1 saturated heterocycles. The lowest BCUT2D eigenvalue weighted by Gasteiger charge is -2.20. The Balaban J connectivity index is 1.47. The number of ether oxygens (including phenoxy) is 1. The average Bonchev–Trinajstić information content (AvgIpc) is 3.26. The molecule has 1 saturated carbocycles. The van der Waals surface area contributed by atoms with Gasteiger partial charge in [-0.1, -0.05) is 12.8 Å². The zero-order chi connectivity index (χ0) is 21.0. The summed E-state index contributed by atoms with van der Waals surface area (Å²) in [5.74, 6) is -1.50. The number of amides is 4. The summed E-state index contributed by atoms with van der Waals surface area (Å²) in [5, 5.41) is 14.1. The van der Waals surface area contributed by atoms with Gasteiger partial charge in [-0.05, 0) is 44.0 Å². The van der Waals surface area contributed by atoms with Crippen LogP contribution in [0.25, 0.3) is 0 Å². The van der Waals surface area contributed by atoms with Crippen LogP contribution in [0.4, 0.5) is 10.5 Å². The highest BCUT2D eigenvalue weighted by atomic mass is 16.5. The van der Waals surface area contributed by atoms with Crippen molar-refractivity contribution in [1.82, 2.24) is 10.2 Å². The summed E-state index contributed by atoms with van der Waals surface area (Å²) in [4.78, 5) is 49.9. The Labute approximate surface area is 168 Å². The van der Waals surface area contributed by atoms with Gasteiger partial charge in [0, 0.05) is 12.2 Å². The topological polar surface area (TPSA) is 129 Å². The largest absolute Gasteiger partial charge is 0.452 e. The monoisotopic (exact) mass is 398 g/mol. The Morgan fingerprint density at radius 1 is 1.28 bits per heavy atom. The Hall–Kier alpha value is -3.41. The summed E-state index contributed by atoms with van der Waals surface area (Å²) in [5.41, 5.74) is 0.121. The number of anilines is 1. The van der Waals surface area contributed by atoms with E-state index in [1.165, 1.54) is 6.92 Å². The number of carbonyl (C=O) groups excluding carboxylic acids is 4. The first-order chi connectivity index (χ1) is 13.8. The van der Waals surface area contributed by atoms with Crippen LogP contribution in [0.2, 0.25) is 0 Å². The number of urea groups is 1. The van der Waals surface area contributed by atoms with E-state index in [4.69, 9.17) is 10.00 Å². The number of rotatable bonds is 6. The van der Waals surface area contributed by atoms with Crippen molar-refractivity contribution in [3.63, 3.8) is 0 Å². The van der Waals surface area contributed by atoms with E-state index in [2.05, 4.69) is 10.6 Å². The van der Waals surface area contributed by atoms with Crippen LogP contribution in [0.1, 0.15) is 44.6 Å². The molecule has 1 aliphatic carbocycles. The minimum Gasteiger partial charge on any atom is -0.452 e. The van der Waals surface area contributed by atoms with E-state index in [0.717, 1.165) is 17.7 Å². The molecule has 1 aliphatic heterocycles. The molecule has 0 radical (unpaired) electrons. The van der Waals surface area contributed by atoms with Gasteiger partial charge in [0.05, 0.1) is 18.1 Å². The zero-order valence-corrected chi connectivity index (χ0v) is 16.1. The summed E-state index contributed by atoms with van der Waals surface area (Å²) in [6.07, 6.45) is 1.75. The number of esters is 1. The first-order valence-corrected chi connectivity index (χ1v) is 9.49. The summed E-state index contributed by atoms with van der Waals surface area (Å²) in [6, 6.07) is 7.74. The van der Waals surface area contributed by atoms with Crippen LogP contribution in [-0.4, -0.2) is 46.9 Å². The van der Waals surface area contributed by atoms with Crippen molar-refractivity contribution in [1.29, 1.82) is 5.26 Å². The van der Waals surface area contributed by atoms with Crippen molar-refractivity contribution in [2.75, 3.05) is 11.9 Å². The van der Waals surface area contributed by atoms with Crippen molar-refractivity contribution in [2.45, 2.75) is 50.7 Å². The van der Waals surface area contributed by atoms with Gasteiger partial charge in [-0.3, -0.25) is 19.3 Å². The minimum atomic E-state index is -1.05. The van der Waals surface area contributed by atoms with Crippen LogP contribution in [0.3, 0.4) is 0 Å². The molecule has 0 bridgehead atoms. The van der Waals surface area contributed by atoms with Crippen LogP contribution in [0, 0.1) is 11.3 Å². The second kappa shape index (κ2) is 8.31. The Bertz CT molecular complexity index is 868. The van der Waals surface area contributed by atoms with Gasteiger partial charge in [0.15, 0.2) is 6.10 Å². The molecule has 4 amide bonds. The van der Waals surface area contributed by atoms with E-state index in [1.807, 2.05) is 6.07 Å². The smallest absolute Gasteiger partial charge is 0.325 e. The molecule has 3 rings (SSSR count). The Morgan fingerprint density at radius 3 is 2.55 bits per heavy atom. The summed E-state index contributed by atoms with van der Waals surface area (Å²) in [7, 11) is 0. The fourth-order valence-corrected chi connectivity index (χ4v) is 3.58. The number of nitrogens with zero attached hydrogens (tertiary/aromatic N) is 2. The molecule has 0 unspecified atom stereocenters. The lowest BCUT2D eigenvalue weighted by Crippen LogP contribution is -2.44. The van der Waals surface area contributed by atoms with Gasteiger partial charge in [-0.15, -0.1) is 0 Å². The molecule has 2 N–H and O–H groups in total. The molecule has 1 heterocycles. The predicted molar refractivity (Wildman–Crippen MR) is 101 cm³/mol. The minimum absolute atomic E-state index is 0.0881. The fourth-order valence-electron chi connectivity index (χ4n) is 3.58. The summed E-state index contributed by atoms with van der Waals surface area (Å²) >= 11 is 0. The van der Waals surface area contributed by atoms with Gasteiger partial charge in [-0.25, -0.2) is 4.79 Å². The highest BCUT2D eigenvalue weighted by molar-refractivity contribution is 6.07. The van der Waals surface area contributed by atoms with Gasteiger partial charge in [0.25, 0.3) is 11.8 Å². The predicted octanol–water partition coefficient (Wildman–Crippen LogP) is 1.68. The molecule has 1 aromatic rings. The normalized spacial score (nSPS) is 18.3. The number of hydrogen-bond donors (Lipinski definition) is 2. The highest BCUT2D eigenvalue weighted by Gasteiger charge is 2.52. The Morgan fingerprint density at radius 2 is 1.93 bits per heavy atom. The number of hydrogen-bond acceptors (Lipinski definition) is 6. The maximum atomic E-state index is 12.5. The number of carbonyl (C=O) groups is 4. The molecule has 1 aromatic carbocycles. The van der Waals surface area contributed by atoms with Gasteiger partial charge in [-0.2, -0.15) is 5.26 Å². The third-order valence-electron chi connectivity index (χ3n) is 5.20. The third kappa shape index (κ3) is 4.37. The fraction of sp³-hybridized carbons (Fsp3) is 0.450. The van der Waals surface area contributed by atoms with Crippen molar-refractivity contribution in [3.8, 4) is 6.07 Å². The van der Waals surface area contributed by atoms with Crippen molar-refractivity contribution in [2.24, 2.45) is 0 Å². The van der Waals surface area contributed by atoms with Crippen molar-refractivity contribution < 1.29 is 23.9 Å². The van der Waals surface area contributed by atoms with Crippen LogP contribution in [0.5, 0.6) is 0 Å². The highest BCUT2D eigenvalue weighted by Crippen LogP contribution is 2.35. The van der Waals surface area contributed by atoms with Crippen molar-refractivity contribution >= 4 is 29.5 Å². The average molecular weight is 398 g/mol.